The van der Waals surface area contributed by atoms with Crippen LogP contribution in [0.25, 0.3) is 0 Å². The molecule has 0 aliphatic carbocycles. The van der Waals surface area contributed by atoms with Crippen molar-refractivity contribution in [1.82, 2.24) is 5.32 Å². The molecule has 0 bridgehead atoms. The number of rotatable bonds is 5. The number of alkyl carbamates (subject to hydrolysis) is 1. The minimum Gasteiger partial charge on any atom is -0.481 e. The van der Waals surface area contributed by atoms with Crippen molar-refractivity contribution < 1.29 is 29.3 Å². The number of hydrogen-bond acceptors (Lipinski definition) is 4. The third-order valence-electron chi connectivity index (χ3n) is 1.24. The summed E-state index contributed by atoms with van der Waals surface area (Å²) in [6, 6.07) is -1.47. The van der Waals surface area contributed by atoms with Gasteiger partial charge in [-0.2, -0.15) is 0 Å². The van der Waals surface area contributed by atoms with Gasteiger partial charge in [0.15, 0.2) is 0 Å². The lowest BCUT2D eigenvalue weighted by molar-refractivity contribution is -0.145. The summed E-state index contributed by atoms with van der Waals surface area (Å²) in [4.78, 5) is 31.4. The van der Waals surface area contributed by atoms with Gasteiger partial charge in [-0.15, -0.1) is 0 Å². The second-order valence-corrected chi connectivity index (χ2v) is 2.35. The lowest BCUT2D eigenvalue weighted by Crippen LogP contribution is -2.42. The highest BCUT2D eigenvalue weighted by Crippen LogP contribution is 1.93. The van der Waals surface area contributed by atoms with E-state index in [1.807, 2.05) is 5.32 Å². The van der Waals surface area contributed by atoms with Gasteiger partial charge in [0.25, 0.3) is 0 Å². The Labute approximate surface area is 79.7 Å². The van der Waals surface area contributed by atoms with Gasteiger partial charge in [0.05, 0.1) is 13.0 Å². The van der Waals surface area contributed by atoms with E-state index in [-0.39, 0.29) is 6.61 Å². The first-order valence-electron chi connectivity index (χ1n) is 3.85. The molecule has 0 aromatic carbocycles. The minimum absolute atomic E-state index is 0.0885. The molecule has 80 valence electrons. The molecule has 7 heteroatoms. The maximum atomic E-state index is 10.7. The molecule has 3 N–H and O–H groups in total. The van der Waals surface area contributed by atoms with Crippen LogP contribution in [0.15, 0.2) is 0 Å². The Bertz CT molecular complexity index is 238. The van der Waals surface area contributed by atoms with Gasteiger partial charge in [-0.1, -0.05) is 0 Å². The van der Waals surface area contributed by atoms with Crippen molar-refractivity contribution in [2.45, 2.75) is 19.4 Å². The van der Waals surface area contributed by atoms with Crippen LogP contribution in [-0.2, 0) is 14.3 Å². The normalized spacial score (nSPS) is 11.5. The standard InChI is InChI=1S/C7H11NO6/c1-2-14-7(13)8-4(6(11)12)3-5(9)10/h4H,2-3H2,1H3,(H,8,13)(H,9,10)(H,11,12)/t4-/m0/s1. The summed E-state index contributed by atoms with van der Waals surface area (Å²) < 4.78 is 4.40. The van der Waals surface area contributed by atoms with Gasteiger partial charge in [-0.05, 0) is 6.92 Å². The summed E-state index contributed by atoms with van der Waals surface area (Å²) >= 11 is 0. The third kappa shape index (κ3) is 4.96. The van der Waals surface area contributed by atoms with E-state index in [0.717, 1.165) is 0 Å². The summed E-state index contributed by atoms with van der Waals surface area (Å²) in [6.45, 7) is 1.64. The highest BCUT2D eigenvalue weighted by atomic mass is 16.5. The molecule has 0 rings (SSSR count). The van der Waals surface area contributed by atoms with Gasteiger partial charge in [-0.3, -0.25) is 4.79 Å². The molecule has 0 radical (unpaired) electrons. The fourth-order valence-electron chi connectivity index (χ4n) is 0.690. The molecule has 0 unspecified atom stereocenters. The second-order valence-electron chi connectivity index (χ2n) is 2.35. The summed E-state index contributed by atoms with van der Waals surface area (Å²) in [7, 11) is 0. The van der Waals surface area contributed by atoms with E-state index >= 15 is 0 Å². The fraction of sp³-hybridized carbons (Fsp3) is 0.571. The monoisotopic (exact) mass is 205 g/mol. The number of nitrogens with one attached hydrogen (secondary N) is 1. The Morgan fingerprint density at radius 3 is 2.29 bits per heavy atom. The van der Waals surface area contributed by atoms with Crippen molar-refractivity contribution in [3.8, 4) is 0 Å². The fourth-order valence-corrected chi connectivity index (χ4v) is 0.690. The zero-order chi connectivity index (χ0) is 11.1. The predicted octanol–water partition coefficient (Wildman–Crippen LogP) is -0.340. The first-order valence-corrected chi connectivity index (χ1v) is 3.85. The van der Waals surface area contributed by atoms with Crippen LogP contribution in [0.5, 0.6) is 0 Å². The summed E-state index contributed by atoms with van der Waals surface area (Å²) in [5.74, 6) is -2.73. The van der Waals surface area contributed by atoms with Crippen LogP contribution in [0, 0.1) is 0 Å². The van der Waals surface area contributed by atoms with Crippen LogP contribution in [0.4, 0.5) is 4.79 Å². The van der Waals surface area contributed by atoms with Crippen LogP contribution in [0.1, 0.15) is 13.3 Å². The Morgan fingerprint density at radius 2 is 1.93 bits per heavy atom. The van der Waals surface area contributed by atoms with E-state index in [9.17, 15) is 14.4 Å². The van der Waals surface area contributed by atoms with Crippen molar-refractivity contribution in [3.63, 3.8) is 0 Å². The van der Waals surface area contributed by atoms with Gasteiger partial charge < -0.3 is 20.3 Å². The first-order chi connectivity index (χ1) is 6.47. The molecule has 0 heterocycles. The Morgan fingerprint density at radius 1 is 1.36 bits per heavy atom. The van der Waals surface area contributed by atoms with Gasteiger partial charge in [0.2, 0.25) is 0 Å². The lowest BCUT2D eigenvalue weighted by Gasteiger charge is -2.11. The van der Waals surface area contributed by atoms with Crippen molar-refractivity contribution in [2.75, 3.05) is 6.61 Å². The van der Waals surface area contributed by atoms with Crippen LogP contribution < -0.4 is 5.32 Å². The van der Waals surface area contributed by atoms with Gasteiger partial charge in [-0.25, -0.2) is 9.59 Å². The molecule has 0 aromatic rings. The van der Waals surface area contributed by atoms with E-state index in [2.05, 4.69) is 4.74 Å². The first kappa shape index (κ1) is 12.2. The number of carbonyl (C=O) groups is 3. The topological polar surface area (TPSA) is 113 Å². The number of hydrogen-bond donors (Lipinski definition) is 3. The SMILES string of the molecule is CCOC(=O)N[C@@H](CC(=O)O)C(=O)O. The minimum atomic E-state index is -1.47. The second kappa shape index (κ2) is 5.79. The maximum Gasteiger partial charge on any atom is 0.407 e. The highest BCUT2D eigenvalue weighted by Gasteiger charge is 2.23. The van der Waals surface area contributed by atoms with Crippen molar-refractivity contribution in [1.29, 1.82) is 0 Å². The van der Waals surface area contributed by atoms with E-state index in [1.165, 1.54) is 0 Å². The summed E-state index contributed by atoms with van der Waals surface area (Å²) in [5.41, 5.74) is 0. The van der Waals surface area contributed by atoms with Crippen molar-refractivity contribution >= 4 is 18.0 Å². The predicted molar refractivity (Wildman–Crippen MR) is 43.8 cm³/mol. The molecule has 0 saturated carbocycles. The number of carboxylic acids is 2. The quantitative estimate of drug-likeness (QED) is 0.565. The number of ether oxygens (including phenoxy) is 1. The van der Waals surface area contributed by atoms with Crippen LogP contribution in [-0.4, -0.2) is 40.9 Å². The molecule has 1 atom stereocenters. The van der Waals surface area contributed by atoms with Crippen LogP contribution >= 0.6 is 0 Å². The molecule has 0 fully saturated rings. The van der Waals surface area contributed by atoms with E-state index in [4.69, 9.17) is 10.2 Å². The molecule has 1 amide bonds. The molecule has 0 aliphatic heterocycles. The molecule has 14 heavy (non-hydrogen) atoms. The molecule has 0 spiro atoms. The van der Waals surface area contributed by atoms with E-state index < -0.39 is 30.5 Å². The third-order valence-corrected chi connectivity index (χ3v) is 1.24. The molecular formula is C7H11NO6. The number of carboxylic acid groups (broad SMARTS) is 2. The average Bonchev–Trinajstić information content (AvgIpc) is 2.02. The van der Waals surface area contributed by atoms with Crippen molar-refractivity contribution in [3.05, 3.63) is 0 Å². The zero-order valence-electron chi connectivity index (χ0n) is 7.52. The average molecular weight is 205 g/mol. The van der Waals surface area contributed by atoms with E-state index in [1.54, 1.807) is 6.92 Å². The largest absolute Gasteiger partial charge is 0.481 e. The maximum absolute atomic E-state index is 10.7. The molecule has 0 aliphatic rings. The van der Waals surface area contributed by atoms with Gasteiger partial charge >= 0.3 is 18.0 Å². The molecule has 7 nitrogen and oxygen atoms in total. The highest BCUT2D eigenvalue weighted by molar-refractivity contribution is 5.84. The Kier molecular flexibility index (Phi) is 5.05. The lowest BCUT2D eigenvalue weighted by atomic mass is 10.2. The number of aliphatic carboxylic acids is 2. The molecular weight excluding hydrogens is 194 g/mol. The van der Waals surface area contributed by atoms with Crippen LogP contribution in [0.3, 0.4) is 0 Å². The summed E-state index contributed by atoms with van der Waals surface area (Å²) in [6.07, 6.45) is -1.63. The summed E-state index contributed by atoms with van der Waals surface area (Å²) in [5, 5.41) is 18.7. The number of carbonyl (C=O) groups excluding carboxylic acids is 1. The Hall–Kier alpha value is -1.79. The smallest absolute Gasteiger partial charge is 0.407 e. The zero-order valence-corrected chi connectivity index (χ0v) is 7.52. The molecule has 0 aromatic heterocycles. The van der Waals surface area contributed by atoms with Gasteiger partial charge in [0.1, 0.15) is 6.04 Å². The number of amides is 1. The van der Waals surface area contributed by atoms with Crippen molar-refractivity contribution in [2.24, 2.45) is 0 Å². The Balaban J connectivity index is 4.16. The van der Waals surface area contributed by atoms with Gasteiger partial charge in [0, 0.05) is 0 Å². The van der Waals surface area contributed by atoms with E-state index in [0.29, 0.717) is 0 Å². The van der Waals surface area contributed by atoms with Crippen LogP contribution in [0.2, 0.25) is 0 Å². The molecule has 0 saturated heterocycles.